The summed E-state index contributed by atoms with van der Waals surface area (Å²) in [7, 11) is 0. The van der Waals surface area contributed by atoms with E-state index < -0.39 is 0 Å². The predicted octanol–water partition coefficient (Wildman–Crippen LogP) is 4.38. The number of hydrogen-bond donors (Lipinski definition) is 2. The third-order valence-corrected chi connectivity index (χ3v) is 4.78. The van der Waals surface area contributed by atoms with Gasteiger partial charge in [-0.25, -0.2) is 4.98 Å². The Morgan fingerprint density at radius 1 is 1.04 bits per heavy atom. The van der Waals surface area contributed by atoms with Gasteiger partial charge >= 0.3 is 0 Å². The summed E-state index contributed by atoms with van der Waals surface area (Å²) in [6.45, 7) is 0.749. The SMILES string of the molecule is c1ccc2c(c1)OCCC2Nc1cccc2[nH]c(C3CC3)nc12. The van der Waals surface area contributed by atoms with E-state index in [4.69, 9.17) is 9.72 Å². The van der Waals surface area contributed by atoms with Crippen LogP contribution < -0.4 is 10.1 Å². The molecular formula is C19H19N3O. The molecule has 1 aromatic heterocycles. The Morgan fingerprint density at radius 3 is 2.87 bits per heavy atom. The van der Waals surface area contributed by atoms with Crippen LogP contribution in [0.25, 0.3) is 11.0 Å². The molecule has 0 radical (unpaired) electrons. The van der Waals surface area contributed by atoms with Crippen LogP contribution in [0.5, 0.6) is 5.75 Å². The molecule has 0 amide bonds. The van der Waals surface area contributed by atoms with Crippen molar-refractivity contribution < 1.29 is 4.74 Å². The van der Waals surface area contributed by atoms with E-state index in [2.05, 4.69) is 40.6 Å². The topological polar surface area (TPSA) is 49.9 Å². The predicted molar refractivity (Wildman–Crippen MR) is 91.0 cm³/mol. The van der Waals surface area contributed by atoms with Crippen molar-refractivity contribution in [3.8, 4) is 5.75 Å². The lowest BCUT2D eigenvalue weighted by Gasteiger charge is -2.27. The fourth-order valence-corrected chi connectivity index (χ4v) is 3.40. The minimum Gasteiger partial charge on any atom is -0.493 e. The molecule has 0 spiro atoms. The van der Waals surface area contributed by atoms with E-state index in [9.17, 15) is 0 Å². The molecule has 0 bridgehead atoms. The van der Waals surface area contributed by atoms with Crippen LogP contribution in [0.1, 0.15) is 42.6 Å². The molecule has 0 saturated heterocycles. The summed E-state index contributed by atoms with van der Waals surface area (Å²) in [4.78, 5) is 8.33. The van der Waals surface area contributed by atoms with Crippen LogP contribution in [0.4, 0.5) is 5.69 Å². The van der Waals surface area contributed by atoms with Crippen molar-refractivity contribution in [2.24, 2.45) is 0 Å². The van der Waals surface area contributed by atoms with Gasteiger partial charge in [-0.05, 0) is 31.0 Å². The molecule has 4 heteroatoms. The molecule has 1 atom stereocenters. The van der Waals surface area contributed by atoms with E-state index in [1.807, 2.05) is 12.1 Å². The number of benzene rings is 2. The second kappa shape index (κ2) is 5.01. The van der Waals surface area contributed by atoms with Gasteiger partial charge in [0.25, 0.3) is 0 Å². The molecule has 3 aromatic rings. The van der Waals surface area contributed by atoms with Crippen LogP contribution in [-0.4, -0.2) is 16.6 Å². The number of anilines is 1. The summed E-state index contributed by atoms with van der Waals surface area (Å²) >= 11 is 0. The second-order valence-electron chi connectivity index (χ2n) is 6.47. The van der Waals surface area contributed by atoms with E-state index >= 15 is 0 Å². The van der Waals surface area contributed by atoms with E-state index in [1.165, 1.54) is 18.4 Å². The number of fused-ring (bicyclic) bond motifs is 2. The molecule has 1 fully saturated rings. The van der Waals surface area contributed by atoms with E-state index in [-0.39, 0.29) is 6.04 Å². The van der Waals surface area contributed by atoms with Crippen LogP contribution in [0.15, 0.2) is 42.5 Å². The highest BCUT2D eigenvalue weighted by Gasteiger charge is 2.27. The van der Waals surface area contributed by atoms with Gasteiger partial charge in [-0.1, -0.05) is 24.3 Å². The Labute approximate surface area is 134 Å². The average molecular weight is 305 g/mol. The number of nitrogens with one attached hydrogen (secondary N) is 2. The Bertz CT molecular complexity index is 866. The maximum absolute atomic E-state index is 5.76. The summed E-state index contributed by atoms with van der Waals surface area (Å²) < 4.78 is 5.76. The van der Waals surface area contributed by atoms with Crippen LogP contribution in [0, 0.1) is 0 Å². The number of imidazole rings is 1. The first-order valence-electron chi connectivity index (χ1n) is 8.35. The van der Waals surface area contributed by atoms with E-state index in [1.54, 1.807) is 0 Å². The molecule has 2 N–H and O–H groups in total. The molecule has 1 aliphatic carbocycles. The van der Waals surface area contributed by atoms with Crippen molar-refractivity contribution >= 4 is 16.7 Å². The fourth-order valence-electron chi connectivity index (χ4n) is 3.40. The van der Waals surface area contributed by atoms with Gasteiger partial charge in [0.1, 0.15) is 17.1 Å². The standard InChI is InChI=1S/C19H19N3O/c1-2-7-17-13(4-1)14(10-11-23-17)20-15-5-3-6-16-18(15)22-19(21-16)12-8-9-12/h1-7,12,14,20H,8-11H2,(H,21,22). The monoisotopic (exact) mass is 305 g/mol. The van der Waals surface area contributed by atoms with Crippen LogP contribution >= 0.6 is 0 Å². The van der Waals surface area contributed by atoms with Crippen molar-refractivity contribution in [3.63, 3.8) is 0 Å². The minimum absolute atomic E-state index is 0.270. The highest BCUT2D eigenvalue weighted by Crippen LogP contribution is 2.40. The van der Waals surface area contributed by atoms with Gasteiger partial charge < -0.3 is 15.0 Å². The molecular weight excluding hydrogens is 286 g/mol. The number of aromatic nitrogens is 2. The number of hydrogen-bond acceptors (Lipinski definition) is 3. The molecule has 2 heterocycles. The largest absolute Gasteiger partial charge is 0.493 e. The lowest BCUT2D eigenvalue weighted by atomic mass is 10.00. The quantitative estimate of drug-likeness (QED) is 0.755. The van der Waals surface area contributed by atoms with Gasteiger partial charge in [-0.15, -0.1) is 0 Å². The summed E-state index contributed by atoms with van der Waals surface area (Å²) in [6.07, 6.45) is 3.49. The molecule has 116 valence electrons. The second-order valence-corrected chi connectivity index (χ2v) is 6.47. The Kier molecular flexibility index (Phi) is 2.83. The third kappa shape index (κ3) is 2.25. The van der Waals surface area contributed by atoms with Crippen molar-refractivity contribution in [2.75, 3.05) is 11.9 Å². The third-order valence-electron chi connectivity index (χ3n) is 4.78. The minimum atomic E-state index is 0.270. The molecule has 1 aliphatic heterocycles. The van der Waals surface area contributed by atoms with Crippen molar-refractivity contribution in [2.45, 2.75) is 31.2 Å². The van der Waals surface area contributed by atoms with E-state index in [0.29, 0.717) is 5.92 Å². The lowest BCUT2D eigenvalue weighted by molar-refractivity contribution is 0.274. The van der Waals surface area contributed by atoms with Gasteiger partial charge in [0.05, 0.1) is 23.9 Å². The number of para-hydroxylation sites is 2. The number of rotatable bonds is 3. The molecule has 2 aliphatic rings. The number of aromatic amines is 1. The first kappa shape index (κ1) is 13.0. The lowest BCUT2D eigenvalue weighted by Crippen LogP contribution is -2.20. The summed E-state index contributed by atoms with van der Waals surface area (Å²) in [5.74, 6) is 2.77. The van der Waals surface area contributed by atoms with E-state index in [0.717, 1.165) is 41.3 Å². The van der Waals surface area contributed by atoms with Gasteiger partial charge in [0.2, 0.25) is 0 Å². The maximum atomic E-state index is 5.76. The molecule has 23 heavy (non-hydrogen) atoms. The Balaban J connectivity index is 1.52. The zero-order valence-corrected chi connectivity index (χ0v) is 12.9. The number of H-pyrrole nitrogens is 1. The molecule has 4 nitrogen and oxygen atoms in total. The normalized spacial score (nSPS) is 20.1. The highest BCUT2D eigenvalue weighted by molar-refractivity contribution is 5.88. The van der Waals surface area contributed by atoms with Crippen molar-refractivity contribution in [3.05, 3.63) is 53.9 Å². The summed E-state index contributed by atoms with van der Waals surface area (Å²) in [5, 5.41) is 3.69. The van der Waals surface area contributed by atoms with Gasteiger partial charge in [-0.2, -0.15) is 0 Å². The van der Waals surface area contributed by atoms with Crippen LogP contribution in [-0.2, 0) is 0 Å². The first-order valence-corrected chi connectivity index (χ1v) is 8.35. The number of nitrogens with zero attached hydrogens (tertiary/aromatic N) is 1. The van der Waals surface area contributed by atoms with Gasteiger partial charge in [0, 0.05) is 17.9 Å². The summed E-state index contributed by atoms with van der Waals surface area (Å²) in [6, 6.07) is 14.9. The fraction of sp³-hybridized carbons (Fsp3) is 0.316. The molecule has 2 aromatic carbocycles. The maximum Gasteiger partial charge on any atom is 0.124 e. The van der Waals surface area contributed by atoms with Crippen molar-refractivity contribution in [1.29, 1.82) is 0 Å². The highest BCUT2D eigenvalue weighted by atomic mass is 16.5. The molecule has 1 unspecified atom stereocenters. The van der Waals surface area contributed by atoms with Gasteiger partial charge in [0.15, 0.2) is 0 Å². The molecule has 1 saturated carbocycles. The first-order chi connectivity index (χ1) is 11.4. The zero-order valence-electron chi connectivity index (χ0n) is 12.9. The van der Waals surface area contributed by atoms with Crippen LogP contribution in [0.2, 0.25) is 0 Å². The zero-order chi connectivity index (χ0) is 15.2. The number of ether oxygens (including phenoxy) is 1. The Hall–Kier alpha value is -2.49. The molecule has 5 rings (SSSR count). The van der Waals surface area contributed by atoms with Gasteiger partial charge in [-0.3, -0.25) is 0 Å². The Morgan fingerprint density at radius 2 is 1.96 bits per heavy atom. The van der Waals surface area contributed by atoms with Crippen molar-refractivity contribution in [1.82, 2.24) is 9.97 Å². The van der Waals surface area contributed by atoms with Crippen LogP contribution in [0.3, 0.4) is 0 Å². The smallest absolute Gasteiger partial charge is 0.124 e. The average Bonchev–Trinajstić information content (AvgIpc) is 3.34. The summed E-state index contributed by atoms with van der Waals surface area (Å²) in [5.41, 5.74) is 4.51.